The first kappa shape index (κ1) is 12.7. The predicted octanol–water partition coefficient (Wildman–Crippen LogP) is -0.553. The first-order valence-electron chi connectivity index (χ1n) is 5.37. The van der Waals surface area contributed by atoms with Crippen LogP contribution in [0.2, 0.25) is 0 Å². The Labute approximate surface area is 107 Å². The van der Waals surface area contributed by atoms with Gasteiger partial charge in [-0.3, -0.25) is 4.68 Å². The topological polar surface area (TPSA) is 100 Å². The molecule has 1 saturated heterocycles. The van der Waals surface area contributed by atoms with E-state index in [1.165, 1.54) is 16.7 Å². The SMILES string of the molecule is O=C(O)[C@@H]1CSCN1C(=O)NCCn1ccnn1. The summed E-state index contributed by atoms with van der Waals surface area (Å²) in [5, 5.41) is 19.0. The molecule has 0 unspecified atom stereocenters. The molecular weight excluding hydrogens is 258 g/mol. The number of hydrogen-bond acceptors (Lipinski definition) is 5. The van der Waals surface area contributed by atoms with Gasteiger partial charge in [0.25, 0.3) is 0 Å². The van der Waals surface area contributed by atoms with Crippen LogP contribution in [0, 0.1) is 0 Å². The second kappa shape index (κ2) is 5.71. The van der Waals surface area contributed by atoms with E-state index in [9.17, 15) is 9.59 Å². The van der Waals surface area contributed by atoms with Crippen LogP contribution >= 0.6 is 11.8 Å². The first-order valence-corrected chi connectivity index (χ1v) is 6.53. The fourth-order valence-electron chi connectivity index (χ4n) is 1.58. The van der Waals surface area contributed by atoms with Gasteiger partial charge in [-0.1, -0.05) is 5.21 Å². The van der Waals surface area contributed by atoms with Gasteiger partial charge in [0, 0.05) is 18.5 Å². The van der Waals surface area contributed by atoms with Crippen molar-refractivity contribution in [3.05, 3.63) is 12.4 Å². The van der Waals surface area contributed by atoms with Gasteiger partial charge in [-0.15, -0.1) is 16.9 Å². The van der Waals surface area contributed by atoms with Gasteiger partial charge in [0.05, 0.1) is 18.6 Å². The smallest absolute Gasteiger partial charge is 0.327 e. The van der Waals surface area contributed by atoms with Gasteiger partial charge >= 0.3 is 12.0 Å². The third-order valence-electron chi connectivity index (χ3n) is 2.52. The Hall–Kier alpha value is -1.77. The molecule has 0 bridgehead atoms. The average molecular weight is 271 g/mol. The van der Waals surface area contributed by atoms with Crippen molar-refractivity contribution in [2.75, 3.05) is 18.2 Å². The van der Waals surface area contributed by atoms with Crippen LogP contribution in [0.5, 0.6) is 0 Å². The summed E-state index contributed by atoms with van der Waals surface area (Å²) in [7, 11) is 0. The minimum absolute atomic E-state index is 0.354. The van der Waals surface area contributed by atoms with E-state index < -0.39 is 12.0 Å². The van der Waals surface area contributed by atoms with Crippen molar-refractivity contribution in [1.29, 1.82) is 0 Å². The molecule has 8 nitrogen and oxygen atoms in total. The van der Waals surface area contributed by atoms with Crippen LogP contribution in [0.4, 0.5) is 4.79 Å². The van der Waals surface area contributed by atoms with Crippen molar-refractivity contribution in [1.82, 2.24) is 25.2 Å². The van der Waals surface area contributed by atoms with E-state index in [1.807, 2.05) is 0 Å². The molecule has 98 valence electrons. The van der Waals surface area contributed by atoms with Crippen LogP contribution in [0.1, 0.15) is 0 Å². The second-order valence-electron chi connectivity index (χ2n) is 3.72. The summed E-state index contributed by atoms with van der Waals surface area (Å²) < 4.78 is 1.59. The van der Waals surface area contributed by atoms with E-state index in [0.29, 0.717) is 24.7 Å². The lowest BCUT2D eigenvalue weighted by atomic mass is 10.3. The maximum Gasteiger partial charge on any atom is 0.327 e. The molecule has 0 aliphatic carbocycles. The molecule has 1 aromatic heterocycles. The monoisotopic (exact) mass is 271 g/mol. The maximum atomic E-state index is 11.8. The fourth-order valence-corrected chi connectivity index (χ4v) is 2.72. The Morgan fingerprint density at radius 1 is 1.56 bits per heavy atom. The van der Waals surface area contributed by atoms with Gasteiger partial charge in [-0.2, -0.15) is 0 Å². The Kier molecular flexibility index (Phi) is 4.03. The van der Waals surface area contributed by atoms with Gasteiger partial charge in [0.1, 0.15) is 6.04 Å². The van der Waals surface area contributed by atoms with Crippen LogP contribution in [0.3, 0.4) is 0 Å². The van der Waals surface area contributed by atoms with Crippen molar-refractivity contribution in [2.45, 2.75) is 12.6 Å². The van der Waals surface area contributed by atoms with E-state index in [1.54, 1.807) is 17.1 Å². The molecular formula is C9H13N5O3S. The fraction of sp³-hybridized carbons (Fsp3) is 0.556. The summed E-state index contributed by atoms with van der Waals surface area (Å²) in [4.78, 5) is 24.0. The molecule has 9 heteroatoms. The number of nitrogens with one attached hydrogen (secondary N) is 1. The first-order chi connectivity index (χ1) is 8.68. The van der Waals surface area contributed by atoms with Gasteiger partial charge < -0.3 is 15.3 Å². The Bertz CT molecular complexity index is 424. The zero-order chi connectivity index (χ0) is 13.0. The van der Waals surface area contributed by atoms with E-state index in [2.05, 4.69) is 15.6 Å². The molecule has 2 rings (SSSR count). The number of aliphatic carboxylic acids is 1. The van der Waals surface area contributed by atoms with Gasteiger partial charge in [-0.25, -0.2) is 9.59 Å². The lowest BCUT2D eigenvalue weighted by molar-refractivity contribution is -0.140. The zero-order valence-electron chi connectivity index (χ0n) is 9.52. The molecule has 1 aliphatic rings. The number of carbonyl (C=O) groups is 2. The van der Waals surface area contributed by atoms with Crippen LogP contribution < -0.4 is 5.32 Å². The molecule has 0 radical (unpaired) electrons. The van der Waals surface area contributed by atoms with Gasteiger partial charge in [0.15, 0.2) is 0 Å². The number of amides is 2. The molecule has 0 aromatic carbocycles. The van der Waals surface area contributed by atoms with E-state index in [0.717, 1.165) is 0 Å². The van der Waals surface area contributed by atoms with Crippen molar-refractivity contribution >= 4 is 23.8 Å². The Balaban J connectivity index is 1.79. The highest BCUT2D eigenvalue weighted by atomic mass is 32.2. The van der Waals surface area contributed by atoms with Crippen LogP contribution in [0.25, 0.3) is 0 Å². The summed E-state index contributed by atoms with van der Waals surface area (Å²) in [6.07, 6.45) is 3.25. The standard InChI is InChI=1S/C9H13N5O3S/c15-8(16)7-5-18-6-14(7)9(17)10-1-3-13-4-2-11-12-13/h2,4,7H,1,3,5-6H2,(H,10,17)(H,15,16)/t7-/m0/s1. The Morgan fingerprint density at radius 2 is 2.39 bits per heavy atom. The largest absolute Gasteiger partial charge is 0.480 e. The number of carboxylic acids is 1. The maximum absolute atomic E-state index is 11.8. The van der Waals surface area contributed by atoms with Crippen LogP contribution in [-0.2, 0) is 11.3 Å². The normalized spacial score (nSPS) is 18.9. The number of carboxylic acid groups (broad SMARTS) is 1. The number of rotatable bonds is 4. The van der Waals surface area contributed by atoms with Crippen LogP contribution in [0.15, 0.2) is 12.4 Å². The molecule has 0 spiro atoms. The minimum Gasteiger partial charge on any atom is -0.480 e. The third-order valence-corrected chi connectivity index (χ3v) is 3.53. The average Bonchev–Trinajstić information content (AvgIpc) is 2.99. The van der Waals surface area contributed by atoms with Crippen molar-refractivity contribution in [2.24, 2.45) is 0 Å². The number of nitrogens with zero attached hydrogens (tertiary/aromatic N) is 4. The molecule has 2 heterocycles. The van der Waals surface area contributed by atoms with E-state index in [4.69, 9.17) is 5.11 Å². The minimum atomic E-state index is -0.966. The molecule has 1 aromatic rings. The van der Waals surface area contributed by atoms with E-state index in [-0.39, 0.29) is 6.03 Å². The molecule has 18 heavy (non-hydrogen) atoms. The lowest BCUT2D eigenvalue weighted by Crippen LogP contribution is -2.47. The molecule has 1 fully saturated rings. The number of thioether (sulfide) groups is 1. The molecule has 1 atom stereocenters. The summed E-state index contributed by atoms with van der Waals surface area (Å²) >= 11 is 1.43. The molecule has 2 N–H and O–H groups in total. The molecule has 2 amide bonds. The van der Waals surface area contributed by atoms with Crippen molar-refractivity contribution in [3.8, 4) is 0 Å². The number of urea groups is 1. The summed E-state index contributed by atoms with van der Waals surface area (Å²) in [6.45, 7) is 0.889. The van der Waals surface area contributed by atoms with E-state index >= 15 is 0 Å². The molecule has 0 saturated carbocycles. The number of hydrogen-bond donors (Lipinski definition) is 2. The second-order valence-corrected chi connectivity index (χ2v) is 4.72. The highest BCUT2D eigenvalue weighted by Crippen LogP contribution is 2.20. The summed E-state index contributed by atoms with van der Waals surface area (Å²) in [6, 6.07) is -1.09. The highest BCUT2D eigenvalue weighted by Gasteiger charge is 2.34. The van der Waals surface area contributed by atoms with Crippen LogP contribution in [-0.4, -0.2) is 61.2 Å². The Morgan fingerprint density at radius 3 is 3.06 bits per heavy atom. The summed E-state index contributed by atoms with van der Waals surface area (Å²) in [5.41, 5.74) is 0. The molecule has 1 aliphatic heterocycles. The third kappa shape index (κ3) is 2.92. The zero-order valence-corrected chi connectivity index (χ0v) is 10.3. The highest BCUT2D eigenvalue weighted by molar-refractivity contribution is 7.99. The summed E-state index contributed by atoms with van der Waals surface area (Å²) in [5.74, 6) is -0.121. The predicted molar refractivity (Wildman–Crippen MR) is 64.0 cm³/mol. The number of carbonyl (C=O) groups excluding carboxylic acids is 1. The van der Waals surface area contributed by atoms with Gasteiger partial charge in [0.2, 0.25) is 0 Å². The lowest BCUT2D eigenvalue weighted by Gasteiger charge is -2.20. The van der Waals surface area contributed by atoms with Crippen molar-refractivity contribution in [3.63, 3.8) is 0 Å². The quantitative estimate of drug-likeness (QED) is 0.762. The van der Waals surface area contributed by atoms with Gasteiger partial charge in [-0.05, 0) is 0 Å². The number of aromatic nitrogens is 3. The van der Waals surface area contributed by atoms with Crippen molar-refractivity contribution < 1.29 is 14.7 Å².